The van der Waals surface area contributed by atoms with Gasteiger partial charge in [0.2, 0.25) is 0 Å². The Labute approximate surface area is 62.4 Å². The van der Waals surface area contributed by atoms with Gasteiger partial charge in [-0.05, 0) is 18.3 Å². The maximum absolute atomic E-state index is 3.56. The topological polar surface area (TPSA) is 24.1 Å². The molecule has 0 aromatic carbocycles. The molecule has 0 radical (unpaired) electrons. The average molecular weight is 140 g/mol. The summed E-state index contributed by atoms with van der Waals surface area (Å²) >= 11 is 0. The van der Waals surface area contributed by atoms with E-state index in [1.54, 1.807) is 0 Å². The highest BCUT2D eigenvalue weighted by atomic mass is 15.1. The van der Waals surface area contributed by atoms with Crippen molar-refractivity contribution in [2.24, 2.45) is 5.41 Å². The molecule has 2 N–H and O–H groups in total. The lowest BCUT2D eigenvalue weighted by Gasteiger charge is -2.29. The molecular weight excluding hydrogens is 124 g/mol. The van der Waals surface area contributed by atoms with Gasteiger partial charge in [0.15, 0.2) is 0 Å². The molecule has 2 rings (SSSR count). The predicted octanol–water partition coefficient (Wildman–Crippen LogP) is 0.348. The zero-order valence-corrected chi connectivity index (χ0v) is 6.61. The van der Waals surface area contributed by atoms with Crippen molar-refractivity contribution in [1.82, 2.24) is 10.6 Å². The van der Waals surface area contributed by atoms with Gasteiger partial charge in [0.05, 0.1) is 0 Å². The number of hydrogen-bond acceptors (Lipinski definition) is 2. The van der Waals surface area contributed by atoms with Crippen LogP contribution in [-0.2, 0) is 0 Å². The van der Waals surface area contributed by atoms with Gasteiger partial charge in [0, 0.05) is 25.7 Å². The van der Waals surface area contributed by atoms with E-state index in [0.717, 1.165) is 19.1 Å². The molecule has 1 aliphatic carbocycles. The standard InChI is InChI=1S/C8H16N2/c1-8(2-3-8)7-6-9-4-5-10-7/h7,9-10H,2-6H2,1H3. The van der Waals surface area contributed by atoms with E-state index in [0.29, 0.717) is 5.41 Å². The van der Waals surface area contributed by atoms with Crippen molar-refractivity contribution in [2.75, 3.05) is 19.6 Å². The first-order chi connectivity index (χ1) is 4.81. The highest BCUT2D eigenvalue weighted by Crippen LogP contribution is 2.48. The van der Waals surface area contributed by atoms with Gasteiger partial charge < -0.3 is 10.6 Å². The molecule has 2 fully saturated rings. The van der Waals surface area contributed by atoms with E-state index in [1.165, 1.54) is 19.4 Å². The largest absolute Gasteiger partial charge is 0.314 e. The van der Waals surface area contributed by atoms with Gasteiger partial charge in [0.25, 0.3) is 0 Å². The van der Waals surface area contributed by atoms with Crippen LogP contribution in [0.4, 0.5) is 0 Å². The van der Waals surface area contributed by atoms with Crippen molar-refractivity contribution in [3.63, 3.8) is 0 Å². The zero-order chi connectivity index (χ0) is 7.03. The van der Waals surface area contributed by atoms with Crippen LogP contribution >= 0.6 is 0 Å². The molecule has 2 aliphatic rings. The molecule has 58 valence electrons. The second-order valence-electron chi connectivity index (χ2n) is 3.86. The Morgan fingerprint density at radius 3 is 2.60 bits per heavy atom. The number of rotatable bonds is 1. The first-order valence-electron chi connectivity index (χ1n) is 4.25. The van der Waals surface area contributed by atoms with Crippen molar-refractivity contribution >= 4 is 0 Å². The summed E-state index contributed by atoms with van der Waals surface area (Å²) in [6, 6.07) is 0.751. The number of hydrogen-bond donors (Lipinski definition) is 2. The van der Waals surface area contributed by atoms with Crippen molar-refractivity contribution in [2.45, 2.75) is 25.8 Å². The van der Waals surface area contributed by atoms with Gasteiger partial charge in [-0.25, -0.2) is 0 Å². The maximum Gasteiger partial charge on any atom is 0.0246 e. The van der Waals surface area contributed by atoms with Crippen molar-refractivity contribution < 1.29 is 0 Å². The Bertz CT molecular complexity index is 123. The van der Waals surface area contributed by atoms with Crippen LogP contribution in [0.25, 0.3) is 0 Å². The molecule has 0 spiro atoms. The summed E-state index contributed by atoms with van der Waals surface area (Å²) in [6.45, 7) is 5.86. The highest BCUT2D eigenvalue weighted by molar-refractivity contribution is 5.00. The normalized spacial score (nSPS) is 37.5. The van der Waals surface area contributed by atoms with Gasteiger partial charge >= 0.3 is 0 Å². The van der Waals surface area contributed by atoms with Crippen molar-refractivity contribution in [1.29, 1.82) is 0 Å². The third-order valence-electron chi connectivity index (χ3n) is 2.92. The molecule has 2 heteroatoms. The van der Waals surface area contributed by atoms with E-state index in [4.69, 9.17) is 0 Å². The van der Waals surface area contributed by atoms with Crippen molar-refractivity contribution in [3.05, 3.63) is 0 Å². The van der Waals surface area contributed by atoms with Crippen LogP contribution in [-0.4, -0.2) is 25.7 Å². The second kappa shape index (κ2) is 2.21. The average Bonchev–Trinajstić information content (AvgIpc) is 2.72. The molecule has 0 aromatic heterocycles. The Kier molecular flexibility index (Phi) is 1.46. The fourth-order valence-corrected chi connectivity index (χ4v) is 1.69. The van der Waals surface area contributed by atoms with Gasteiger partial charge in [-0.2, -0.15) is 0 Å². The Balaban J connectivity index is 1.91. The lowest BCUT2D eigenvalue weighted by atomic mass is 9.98. The molecule has 2 nitrogen and oxygen atoms in total. The monoisotopic (exact) mass is 140 g/mol. The third-order valence-corrected chi connectivity index (χ3v) is 2.92. The van der Waals surface area contributed by atoms with Crippen LogP contribution in [0.15, 0.2) is 0 Å². The van der Waals surface area contributed by atoms with Gasteiger partial charge in [-0.1, -0.05) is 6.92 Å². The smallest absolute Gasteiger partial charge is 0.0246 e. The second-order valence-corrected chi connectivity index (χ2v) is 3.86. The van der Waals surface area contributed by atoms with E-state index in [2.05, 4.69) is 17.6 Å². The number of nitrogens with one attached hydrogen (secondary N) is 2. The van der Waals surface area contributed by atoms with E-state index < -0.39 is 0 Å². The summed E-state index contributed by atoms with van der Waals surface area (Å²) in [4.78, 5) is 0. The first kappa shape index (κ1) is 6.62. The minimum Gasteiger partial charge on any atom is -0.314 e. The molecule has 1 heterocycles. The number of piperazine rings is 1. The van der Waals surface area contributed by atoms with E-state index in [9.17, 15) is 0 Å². The predicted molar refractivity (Wildman–Crippen MR) is 42.0 cm³/mol. The third kappa shape index (κ3) is 1.06. The zero-order valence-electron chi connectivity index (χ0n) is 6.61. The maximum atomic E-state index is 3.56. The molecule has 1 unspecified atom stereocenters. The molecule has 0 bridgehead atoms. The van der Waals surface area contributed by atoms with Crippen LogP contribution in [0.3, 0.4) is 0 Å². The summed E-state index contributed by atoms with van der Waals surface area (Å²) in [5, 5.41) is 6.98. The quantitative estimate of drug-likeness (QED) is 0.549. The van der Waals surface area contributed by atoms with Crippen molar-refractivity contribution in [3.8, 4) is 0 Å². The van der Waals surface area contributed by atoms with Gasteiger partial charge in [0.1, 0.15) is 0 Å². The SMILES string of the molecule is CC1(C2CNCCN2)CC1. The first-order valence-corrected chi connectivity index (χ1v) is 4.25. The molecule has 0 amide bonds. The van der Waals surface area contributed by atoms with Crippen LogP contribution < -0.4 is 10.6 Å². The molecule has 10 heavy (non-hydrogen) atoms. The van der Waals surface area contributed by atoms with Gasteiger partial charge in [-0.3, -0.25) is 0 Å². The molecule has 0 aromatic rings. The summed E-state index contributed by atoms with van der Waals surface area (Å²) in [5.74, 6) is 0. The Morgan fingerprint density at radius 1 is 1.30 bits per heavy atom. The van der Waals surface area contributed by atoms with Crippen LogP contribution in [0.5, 0.6) is 0 Å². The summed E-state index contributed by atoms with van der Waals surface area (Å²) < 4.78 is 0. The fraction of sp³-hybridized carbons (Fsp3) is 1.00. The minimum atomic E-state index is 0.646. The Hall–Kier alpha value is -0.0800. The molecule has 1 aliphatic heterocycles. The minimum absolute atomic E-state index is 0.646. The summed E-state index contributed by atoms with van der Waals surface area (Å²) in [6.07, 6.45) is 2.85. The lowest BCUT2D eigenvalue weighted by Crippen LogP contribution is -2.52. The lowest BCUT2D eigenvalue weighted by molar-refractivity contribution is 0.309. The van der Waals surface area contributed by atoms with Gasteiger partial charge in [-0.15, -0.1) is 0 Å². The van der Waals surface area contributed by atoms with Crippen LogP contribution in [0.1, 0.15) is 19.8 Å². The summed E-state index contributed by atoms with van der Waals surface area (Å²) in [7, 11) is 0. The molecular formula is C8H16N2. The molecule has 1 atom stereocenters. The highest BCUT2D eigenvalue weighted by Gasteiger charge is 2.44. The summed E-state index contributed by atoms with van der Waals surface area (Å²) in [5.41, 5.74) is 0.646. The van der Waals surface area contributed by atoms with E-state index >= 15 is 0 Å². The molecule has 1 saturated carbocycles. The van der Waals surface area contributed by atoms with Crippen LogP contribution in [0.2, 0.25) is 0 Å². The molecule has 1 saturated heterocycles. The van der Waals surface area contributed by atoms with Crippen LogP contribution in [0, 0.1) is 5.41 Å². The van der Waals surface area contributed by atoms with E-state index in [-0.39, 0.29) is 0 Å². The fourth-order valence-electron chi connectivity index (χ4n) is 1.69. The Morgan fingerprint density at radius 2 is 2.10 bits per heavy atom. The van der Waals surface area contributed by atoms with E-state index in [1.807, 2.05) is 0 Å².